The number of aryl methyl sites for hydroxylation is 1. The van der Waals surface area contributed by atoms with Gasteiger partial charge in [0.15, 0.2) is 5.43 Å². The van der Waals surface area contributed by atoms with Gasteiger partial charge in [0.25, 0.3) is 0 Å². The van der Waals surface area contributed by atoms with Gasteiger partial charge in [-0.1, -0.05) is 41.4 Å². The summed E-state index contributed by atoms with van der Waals surface area (Å²) in [6, 6.07) is 11.1. The zero-order valence-corrected chi connectivity index (χ0v) is 9.73. The van der Waals surface area contributed by atoms with Crippen LogP contribution < -0.4 is 5.43 Å². The first-order chi connectivity index (χ1) is 7.15. The van der Waals surface area contributed by atoms with Gasteiger partial charge in [-0.15, -0.1) is 11.3 Å². The van der Waals surface area contributed by atoms with E-state index in [1.165, 1.54) is 23.0 Å². The zero-order chi connectivity index (χ0) is 10.8. The summed E-state index contributed by atoms with van der Waals surface area (Å²) >= 11 is 7.27. The van der Waals surface area contributed by atoms with E-state index in [-0.39, 0.29) is 5.43 Å². The normalized spacial score (nSPS) is 10.3. The van der Waals surface area contributed by atoms with Gasteiger partial charge in [-0.3, -0.25) is 4.79 Å². The molecule has 0 bridgehead atoms. The van der Waals surface area contributed by atoms with Crippen LogP contribution in [0.3, 0.4) is 0 Å². The molecule has 76 valence electrons. The fraction of sp³-hybridized carbons (Fsp3) is 0.0833. The predicted octanol–water partition coefficient (Wildman–Crippen LogP) is 3.74. The smallest absolute Gasteiger partial charge is 0.182 e. The summed E-state index contributed by atoms with van der Waals surface area (Å²) < 4.78 is 0.526. The molecule has 15 heavy (non-hydrogen) atoms. The van der Waals surface area contributed by atoms with Gasteiger partial charge >= 0.3 is 0 Å². The Kier molecular flexibility index (Phi) is 2.89. The monoisotopic (exact) mass is 236 g/mol. The van der Waals surface area contributed by atoms with Crippen LogP contribution in [0.15, 0.2) is 41.2 Å². The minimum absolute atomic E-state index is 0.0469. The molecule has 0 aliphatic carbocycles. The van der Waals surface area contributed by atoms with Crippen molar-refractivity contribution in [3.05, 3.63) is 56.5 Å². The maximum Gasteiger partial charge on any atom is 0.182 e. The van der Waals surface area contributed by atoms with E-state index in [2.05, 4.69) is 0 Å². The Labute approximate surface area is 97.0 Å². The Hall–Kier alpha value is -1.12. The van der Waals surface area contributed by atoms with E-state index < -0.39 is 0 Å². The van der Waals surface area contributed by atoms with E-state index in [0.29, 0.717) is 4.34 Å². The lowest BCUT2D eigenvalue weighted by Crippen LogP contribution is -1.94. The molecule has 0 N–H and O–H groups in total. The van der Waals surface area contributed by atoms with E-state index in [0.717, 1.165) is 10.4 Å². The highest BCUT2D eigenvalue weighted by molar-refractivity contribution is 7.18. The third-order valence-electron chi connectivity index (χ3n) is 2.07. The Morgan fingerprint density at radius 3 is 2.40 bits per heavy atom. The fourth-order valence-corrected chi connectivity index (χ4v) is 2.48. The van der Waals surface area contributed by atoms with Crippen molar-refractivity contribution in [3.63, 3.8) is 0 Å². The lowest BCUT2D eigenvalue weighted by atomic mass is 10.1. The van der Waals surface area contributed by atoms with Crippen molar-refractivity contribution in [1.82, 2.24) is 0 Å². The molecule has 2 aromatic rings. The topological polar surface area (TPSA) is 17.1 Å². The second kappa shape index (κ2) is 4.17. The molecule has 0 fully saturated rings. The molecule has 0 atom stereocenters. The van der Waals surface area contributed by atoms with Crippen molar-refractivity contribution >= 4 is 22.9 Å². The Morgan fingerprint density at radius 1 is 1.13 bits per heavy atom. The molecular weight excluding hydrogens is 228 g/mol. The maximum atomic E-state index is 11.3. The van der Waals surface area contributed by atoms with Crippen LogP contribution in [0, 0.1) is 6.92 Å². The van der Waals surface area contributed by atoms with Gasteiger partial charge in [0.05, 0.1) is 4.34 Å². The average Bonchev–Trinajstić information content (AvgIpc) is 2.17. The number of rotatable bonds is 1. The van der Waals surface area contributed by atoms with Crippen LogP contribution in [0.25, 0.3) is 10.4 Å². The highest BCUT2D eigenvalue weighted by Gasteiger charge is 2.01. The SMILES string of the molecule is Cc1ccc(-c2cc(=O)cc(Cl)s2)cc1. The Morgan fingerprint density at radius 2 is 1.80 bits per heavy atom. The quantitative estimate of drug-likeness (QED) is 0.737. The third-order valence-corrected chi connectivity index (χ3v) is 3.30. The van der Waals surface area contributed by atoms with Gasteiger partial charge in [-0.2, -0.15) is 0 Å². The number of benzene rings is 1. The molecular formula is C12H9ClOS. The molecule has 0 aliphatic rings. The van der Waals surface area contributed by atoms with Crippen LogP contribution in [-0.2, 0) is 0 Å². The van der Waals surface area contributed by atoms with Crippen molar-refractivity contribution in [2.75, 3.05) is 0 Å². The summed E-state index contributed by atoms with van der Waals surface area (Å²) in [5.41, 5.74) is 2.19. The van der Waals surface area contributed by atoms with Crippen LogP contribution in [0.1, 0.15) is 5.56 Å². The van der Waals surface area contributed by atoms with Gasteiger partial charge in [-0.05, 0) is 12.5 Å². The van der Waals surface area contributed by atoms with Crippen LogP contribution in [-0.4, -0.2) is 0 Å². The molecule has 1 nitrogen and oxygen atoms in total. The Balaban J connectivity index is 2.54. The molecule has 2 rings (SSSR count). The van der Waals surface area contributed by atoms with Crippen LogP contribution in [0.4, 0.5) is 0 Å². The molecule has 0 aliphatic heterocycles. The van der Waals surface area contributed by atoms with E-state index >= 15 is 0 Å². The van der Waals surface area contributed by atoms with E-state index in [1.54, 1.807) is 6.07 Å². The first kappa shape index (κ1) is 10.4. The highest BCUT2D eigenvalue weighted by atomic mass is 35.5. The van der Waals surface area contributed by atoms with E-state index in [9.17, 15) is 4.79 Å². The van der Waals surface area contributed by atoms with Gasteiger partial charge < -0.3 is 0 Å². The number of halogens is 1. The predicted molar refractivity (Wildman–Crippen MR) is 65.8 cm³/mol. The van der Waals surface area contributed by atoms with E-state index in [1.807, 2.05) is 31.2 Å². The first-order valence-electron chi connectivity index (χ1n) is 4.53. The number of hydrogen-bond donors (Lipinski definition) is 0. The second-order valence-electron chi connectivity index (χ2n) is 3.33. The lowest BCUT2D eigenvalue weighted by Gasteiger charge is -2.00. The largest absolute Gasteiger partial charge is 0.290 e. The lowest BCUT2D eigenvalue weighted by molar-refractivity contribution is 1.47. The van der Waals surface area contributed by atoms with Crippen LogP contribution in [0.5, 0.6) is 0 Å². The van der Waals surface area contributed by atoms with Gasteiger partial charge in [-0.25, -0.2) is 0 Å². The summed E-state index contributed by atoms with van der Waals surface area (Å²) in [5, 5.41) is 0. The van der Waals surface area contributed by atoms with Crippen molar-refractivity contribution < 1.29 is 0 Å². The highest BCUT2D eigenvalue weighted by Crippen LogP contribution is 2.27. The molecule has 0 spiro atoms. The standard InChI is InChI=1S/C12H9ClOS/c1-8-2-4-9(5-3-8)11-6-10(14)7-12(13)15-11/h2-7H,1H3. The maximum absolute atomic E-state index is 11.3. The summed E-state index contributed by atoms with van der Waals surface area (Å²) in [5.74, 6) is 0. The first-order valence-corrected chi connectivity index (χ1v) is 5.72. The van der Waals surface area contributed by atoms with Gasteiger partial charge in [0.1, 0.15) is 0 Å². The van der Waals surface area contributed by atoms with Gasteiger partial charge in [0.2, 0.25) is 0 Å². The van der Waals surface area contributed by atoms with Crippen molar-refractivity contribution in [1.29, 1.82) is 0 Å². The minimum Gasteiger partial charge on any atom is -0.290 e. The molecule has 0 amide bonds. The molecule has 3 heteroatoms. The molecule has 0 saturated carbocycles. The summed E-state index contributed by atoms with van der Waals surface area (Å²) in [6.45, 7) is 2.03. The van der Waals surface area contributed by atoms with Crippen LogP contribution in [0.2, 0.25) is 4.34 Å². The van der Waals surface area contributed by atoms with Crippen molar-refractivity contribution in [2.45, 2.75) is 6.92 Å². The fourth-order valence-electron chi connectivity index (χ4n) is 1.31. The summed E-state index contributed by atoms with van der Waals surface area (Å²) in [7, 11) is 0. The van der Waals surface area contributed by atoms with Crippen molar-refractivity contribution in [2.24, 2.45) is 0 Å². The molecule has 0 radical (unpaired) electrons. The van der Waals surface area contributed by atoms with Gasteiger partial charge in [0, 0.05) is 17.0 Å². The zero-order valence-electron chi connectivity index (χ0n) is 8.16. The molecule has 0 unspecified atom stereocenters. The summed E-state index contributed by atoms with van der Waals surface area (Å²) in [4.78, 5) is 12.2. The average molecular weight is 237 g/mol. The van der Waals surface area contributed by atoms with Crippen molar-refractivity contribution in [3.8, 4) is 10.4 Å². The summed E-state index contributed by atoms with van der Waals surface area (Å²) in [6.07, 6.45) is 0. The molecule has 1 heterocycles. The molecule has 1 aromatic carbocycles. The van der Waals surface area contributed by atoms with Crippen LogP contribution >= 0.6 is 22.9 Å². The minimum atomic E-state index is -0.0469. The molecule has 0 saturated heterocycles. The molecule has 1 aromatic heterocycles. The Bertz CT molecular complexity index is 528. The number of hydrogen-bond acceptors (Lipinski definition) is 2. The third kappa shape index (κ3) is 2.46. The second-order valence-corrected chi connectivity index (χ2v) is 5.04. The van der Waals surface area contributed by atoms with E-state index in [4.69, 9.17) is 11.6 Å².